The van der Waals surface area contributed by atoms with Crippen molar-refractivity contribution in [1.29, 1.82) is 0 Å². The maximum Gasteiger partial charge on any atom is 0.247 e. The molecule has 134 valence electrons. The molecule has 0 aromatic heterocycles. The Morgan fingerprint density at radius 1 is 1.12 bits per heavy atom. The van der Waals surface area contributed by atoms with Crippen LogP contribution in [0.3, 0.4) is 0 Å². The lowest BCUT2D eigenvalue weighted by Gasteiger charge is -2.14. The van der Waals surface area contributed by atoms with E-state index >= 15 is 0 Å². The fourth-order valence-corrected chi connectivity index (χ4v) is 3.68. The number of nitrogens with one attached hydrogen (secondary N) is 1. The van der Waals surface area contributed by atoms with Crippen molar-refractivity contribution in [3.63, 3.8) is 0 Å². The third-order valence-corrected chi connectivity index (χ3v) is 5.35. The molecule has 3 amide bonds. The Kier molecular flexibility index (Phi) is 5.73. The number of carbonyl (C=O) groups is 3. The normalized spacial score (nSPS) is 16.8. The highest BCUT2D eigenvalue weighted by Crippen LogP contribution is 2.29. The van der Waals surface area contributed by atoms with Crippen LogP contribution in [0.4, 0.5) is 5.69 Å². The van der Waals surface area contributed by atoms with Crippen LogP contribution in [-0.4, -0.2) is 28.7 Å². The minimum atomic E-state index is -0.507. The van der Waals surface area contributed by atoms with Crippen LogP contribution in [0.25, 0.3) is 0 Å². The van der Waals surface area contributed by atoms with E-state index in [0.29, 0.717) is 12.2 Å². The first kappa shape index (κ1) is 18.2. The zero-order chi connectivity index (χ0) is 18.5. The second-order valence-corrected chi connectivity index (χ2v) is 7.36. The van der Waals surface area contributed by atoms with Crippen LogP contribution in [-0.2, 0) is 20.9 Å². The second-order valence-electron chi connectivity index (χ2n) is 6.17. The minimum Gasteiger partial charge on any atom is -0.351 e. The van der Waals surface area contributed by atoms with Crippen molar-refractivity contribution in [3.8, 4) is 0 Å². The minimum absolute atomic E-state index is 0.129. The Hall–Kier alpha value is -2.60. The summed E-state index contributed by atoms with van der Waals surface area (Å²) in [5.74, 6) is -0.469. The summed E-state index contributed by atoms with van der Waals surface area (Å²) in [6.45, 7) is 2.46. The number of amides is 3. The van der Waals surface area contributed by atoms with Gasteiger partial charge in [-0.2, -0.15) is 0 Å². The molecule has 0 aliphatic carbocycles. The molecule has 1 N–H and O–H groups in total. The summed E-state index contributed by atoms with van der Waals surface area (Å²) in [7, 11) is 0. The molecule has 0 spiro atoms. The summed E-state index contributed by atoms with van der Waals surface area (Å²) in [6.07, 6.45) is 0.129. The number of hydrogen-bond acceptors (Lipinski definition) is 4. The predicted octanol–water partition coefficient (Wildman–Crippen LogP) is 2.68. The van der Waals surface area contributed by atoms with E-state index in [2.05, 4.69) is 5.32 Å². The Morgan fingerprint density at radius 2 is 1.81 bits per heavy atom. The van der Waals surface area contributed by atoms with Gasteiger partial charge < -0.3 is 5.32 Å². The van der Waals surface area contributed by atoms with Gasteiger partial charge in [-0.05, 0) is 24.6 Å². The third kappa shape index (κ3) is 4.32. The molecule has 26 heavy (non-hydrogen) atoms. The third-order valence-electron chi connectivity index (χ3n) is 4.15. The maximum absolute atomic E-state index is 12.5. The average Bonchev–Trinajstić information content (AvgIpc) is 2.93. The molecule has 1 heterocycles. The number of hydrogen-bond donors (Lipinski definition) is 1. The standard InChI is InChI=1S/C20H20N2O3S/c1-14-7-9-15(10-8-14)12-21-18(23)13-26-17-11-19(24)22(20(17)25)16-5-3-2-4-6-16/h2-10,17H,11-13H2,1H3,(H,21,23)/t17-/m1/s1. The number of benzene rings is 2. The molecule has 3 rings (SSSR count). The number of anilines is 1. The quantitative estimate of drug-likeness (QED) is 0.796. The van der Waals surface area contributed by atoms with Crippen molar-refractivity contribution in [2.45, 2.75) is 25.1 Å². The predicted molar refractivity (Wildman–Crippen MR) is 103 cm³/mol. The molecule has 0 bridgehead atoms. The van der Waals surface area contributed by atoms with Crippen molar-refractivity contribution in [2.75, 3.05) is 10.7 Å². The molecule has 5 nitrogen and oxygen atoms in total. The second kappa shape index (κ2) is 8.19. The summed E-state index contributed by atoms with van der Waals surface area (Å²) in [5.41, 5.74) is 2.77. The zero-order valence-electron chi connectivity index (χ0n) is 14.5. The Balaban J connectivity index is 1.50. The molecule has 2 aromatic carbocycles. The molecule has 0 saturated carbocycles. The van der Waals surface area contributed by atoms with Gasteiger partial charge in [0.05, 0.1) is 16.7 Å². The first-order valence-corrected chi connectivity index (χ1v) is 9.45. The number of nitrogens with zero attached hydrogens (tertiary/aromatic N) is 1. The van der Waals surface area contributed by atoms with Gasteiger partial charge in [0, 0.05) is 13.0 Å². The van der Waals surface area contributed by atoms with Crippen LogP contribution >= 0.6 is 11.8 Å². The average molecular weight is 368 g/mol. The SMILES string of the molecule is Cc1ccc(CNC(=O)CS[C@@H]2CC(=O)N(c3ccccc3)C2=O)cc1. The van der Waals surface area contributed by atoms with Crippen LogP contribution in [0.5, 0.6) is 0 Å². The first-order chi connectivity index (χ1) is 12.5. The van der Waals surface area contributed by atoms with Crippen LogP contribution in [0.2, 0.25) is 0 Å². The fraction of sp³-hybridized carbons (Fsp3) is 0.250. The van der Waals surface area contributed by atoms with Crippen molar-refractivity contribution in [2.24, 2.45) is 0 Å². The van der Waals surface area contributed by atoms with E-state index in [9.17, 15) is 14.4 Å². The van der Waals surface area contributed by atoms with Gasteiger partial charge in [-0.25, -0.2) is 4.90 Å². The monoisotopic (exact) mass is 368 g/mol. The summed E-state index contributed by atoms with van der Waals surface area (Å²) in [4.78, 5) is 37.9. The number of aryl methyl sites for hydroxylation is 1. The molecule has 1 atom stereocenters. The van der Waals surface area contributed by atoms with Gasteiger partial charge in [0.25, 0.3) is 0 Å². The molecular weight excluding hydrogens is 348 g/mol. The summed E-state index contributed by atoms with van der Waals surface area (Å²) >= 11 is 1.22. The van der Waals surface area contributed by atoms with Crippen LogP contribution in [0, 0.1) is 6.92 Å². The first-order valence-electron chi connectivity index (χ1n) is 8.40. The molecular formula is C20H20N2O3S. The smallest absolute Gasteiger partial charge is 0.247 e. The number of imide groups is 1. The number of carbonyl (C=O) groups excluding carboxylic acids is 3. The maximum atomic E-state index is 12.5. The topological polar surface area (TPSA) is 66.5 Å². The number of para-hydroxylation sites is 1. The lowest BCUT2D eigenvalue weighted by atomic mass is 10.1. The van der Waals surface area contributed by atoms with Gasteiger partial charge in [0.2, 0.25) is 17.7 Å². The van der Waals surface area contributed by atoms with Gasteiger partial charge in [-0.1, -0.05) is 48.0 Å². The fourth-order valence-electron chi connectivity index (χ4n) is 2.72. The van der Waals surface area contributed by atoms with Crippen LogP contribution < -0.4 is 10.2 Å². The van der Waals surface area contributed by atoms with Crippen molar-refractivity contribution < 1.29 is 14.4 Å². The van der Waals surface area contributed by atoms with E-state index in [4.69, 9.17) is 0 Å². The summed E-state index contributed by atoms with van der Waals surface area (Å²) in [5, 5.41) is 2.34. The molecule has 1 aliphatic heterocycles. The largest absolute Gasteiger partial charge is 0.351 e. The Morgan fingerprint density at radius 3 is 2.50 bits per heavy atom. The summed E-state index contributed by atoms with van der Waals surface area (Å²) in [6, 6.07) is 16.8. The molecule has 0 radical (unpaired) electrons. The van der Waals surface area contributed by atoms with E-state index < -0.39 is 5.25 Å². The highest BCUT2D eigenvalue weighted by Gasteiger charge is 2.39. The van der Waals surface area contributed by atoms with E-state index in [1.54, 1.807) is 24.3 Å². The molecule has 1 saturated heterocycles. The lowest BCUT2D eigenvalue weighted by molar-refractivity contribution is -0.121. The van der Waals surface area contributed by atoms with Gasteiger partial charge >= 0.3 is 0 Å². The van der Waals surface area contributed by atoms with Gasteiger partial charge in [0.15, 0.2) is 0 Å². The van der Waals surface area contributed by atoms with Crippen LogP contribution in [0.1, 0.15) is 17.5 Å². The van der Waals surface area contributed by atoms with E-state index in [1.807, 2.05) is 37.3 Å². The highest BCUT2D eigenvalue weighted by atomic mass is 32.2. The highest BCUT2D eigenvalue weighted by molar-refractivity contribution is 8.01. The van der Waals surface area contributed by atoms with Gasteiger partial charge in [-0.15, -0.1) is 11.8 Å². The molecule has 6 heteroatoms. The van der Waals surface area contributed by atoms with Crippen molar-refractivity contribution in [1.82, 2.24) is 5.32 Å². The van der Waals surface area contributed by atoms with E-state index in [0.717, 1.165) is 5.56 Å². The van der Waals surface area contributed by atoms with E-state index in [-0.39, 0.29) is 29.9 Å². The van der Waals surface area contributed by atoms with Crippen molar-refractivity contribution in [3.05, 3.63) is 65.7 Å². The summed E-state index contributed by atoms with van der Waals surface area (Å²) < 4.78 is 0. The molecule has 1 fully saturated rings. The molecule has 0 unspecified atom stereocenters. The molecule has 2 aromatic rings. The number of thioether (sulfide) groups is 1. The van der Waals surface area contributed by atoms with Crippen LogP contribution in [0.15, 0.2) is 54.6 Å². The Labute approximate surface area is 156 Å². The lowest BCUT2D eigenvalue weighted by Crippen LogP contribution is -2.32. The number of rotatable bonds is 6. The molecule has 1 aliphatic rings. The Bertz CT molecular complexity index is 806. The van der Waals surface area contributed by atoms with E-state index in [1.165, 1.54) is 22.2 Å². The van der Waals surface area contributed by atoms with Crippen molar-refractivity contribution >= 4 is 35.2 Å². The van der Waals surface area contributed by atoms with Gasteiger partial charge in [-0.3, -0.25) is 14.4 Å². The zero-order valence-corrected chi connectivity index (χ0v) is 15.3. The van der Waals surface area contributed by atoms with Gasteiger partial charge in [0.1, 0.15) is 0 Å².